The van der Waals surface area contributed by atoms with Crippen molar-refractivity contribution >= 4 is 16.8 Å². The Balaban J connectivity index is 1.56. The van der Waals surface area contributed by atoms with Crippen molar-refractivity contribution in [1.82, 2.24) is 14.9 Å². The number of benzene rings is 3. The molecule has 0 aliphatic carbocycles. The second-order valence-electron chi connectivity index (χ2n) is 6.88. The zero-order valence-corrected chi connectivity index (χ0v) is 17.2. The van der Waals surface area contributed by atoms with Crippen molar-refractivity contribution in [2.45, 2.75) is 6.54 Å². The fraction of sp³-hybridized carbons (Fsp3) is 0.125. The Labute approximate surface area is 178 Å². The molecule has 0 radical (unpaired) electrons. The summed E-state index contributed by atoms with van der Waals surface area (Å²) in [7, 11) is 3.18. The van der Waals surface area contributed by atoms with Crippen molar-refractivity contribution in [3.05, 3.63) is 94.5 Å². The van der Waals surface area contributed by atoms with Crippen LogP contribution in [0.2, 0.25) is 0 Å². The minimum Gasteiger partial charge on any atom is -0.497 e. The lowest BCUT2D eigenvalue weighted by Gasteiger charge is -2.09. The van der Waals surface area contributed by atoms with E-state index in [2.05, 4.69) is 10.3 Å². The van der Waals surface area contributed by atoms with Gasteiger partial charge in [-0.15, -0.1) is 0 Å². The SMILES string of the molecule is COc1ccc(CNC(=O)c2ccc3c(=O)n(-c4cccc(OC)c4)cnc3c2)cc1. The second kappa shape index (κ2) is 8.71. The molecule has 7 nitrogen and oxygen atoms in total. The van der Waals surface area contributed by atoms with Crippen molar-refractivity contribution in [3.63, 3.8) is 0 Å². The first-order valence-electron chi connectivity index (χ1n) is 9.66. The van der Waals surface area contributed by atoms with E-state index in [1.165, 1.54) is 10.9 Å². The van der Waals surface area contributed by atoms with E-state index < -0.39 is 0 Å². The maximum atomic E-state index is 12.9. The van der Waals surface area contributed by atoms with Gasteiger partial charge in [-0.25, -0.2) is 4.98 Å². The maximum absolute atomic E-state index is 12.9. The number of aromatic nitrogens is 2. The smallest absolute Gasteiger partial charge is 0.265 e. The van der Waals surface area contributed by atoms with E-state index in [0.29, 0.717) is 34.4 Å². The van der Waals surface area contributed by atoms with Crippen LogP contribution in [0.15, 0.2) is 77.9 Å². The molecule has 1 heterocycles. The van der Waals surface area contributed by atoms with Crippen molar-refractivity contribution in [2.75, 3.05) is 14.2 Å². The zero-order chi connectivity index (χ0) is 21.8. The summed E-state index contributed by atoms with van der Waals surface area (Å²) >= 11 is 0. The van der Waals surface area contributed by atoms with Gasteiger partial charge in [-0.1, -0.05) is 18.2 Å². The van der Waals surface area contributed by atoms with Gasteiger partial charge < -0.3 is 14.8 Å². The van der Waals surface area contributed by atoms with Crippen LogP contribution in [-0.2, 0) is 6.54 Å². The van der Waals surface area contributed by atoms with Crippen LogP contribution >= 0.6 is 0 Å². The Hall–Kier alpha value is -4.13. The van der Waals surface area contributed by atoms with E-state index in [1.807, 2.05) is 24.3 Å². The van der Waals surface area contributed by atoms with E-state index in [1.54, 1.807) is 56.7 Å². The quantitative estimate of drug-likeness (QED) is 0.522. The first kappa shape index (κ1) is 20.2. The summed E-state index contributed by atoms with van der Waals surface area (Å²) in [6.07, 6.45) is 1.46. The van der Waals surface area contributed by atoms with Crippen LogP contribution in [0, 0.1) is 0 Å². The highest BCUT2D eigenvalue weighted by Crippen LogP contribution is 2.17. The third-order valence-electron chi connectivity index (χ3n) is 4.97. The molecule has 0 aliphatic rings. The van der Waals surface area contributed by atoms with E-state index in [0.717, 1.165) is 11.3 Å². The summed E-state index contributed by atoms with van der Waals surface area (Å²) in [6.45, 7) is 0.381. The van der Waals surface area contributed by atoms with E-state index >= 15 is 0 Å². The summed E-state index contributed by atoms with van der Waals surface area (Å²) < 4.78 is 11.8. The van der Waals surface area contributed by atoms with Crippen molar-refractivity contribution in [3.8, 4) is 17.2 Å². The highest BCUT2D eigenvalue weighted by molar-refractivity contribution is 5.97. The van der Waals surface area contributed by atoms with Gasteiger partial charge in [0.25, 0.3) is 11.5 Å². The number of nitrogens with one attached hydrogen (secondary N) is 1. The first-order valence-corrected chi connectivity index (χ1v) is 9.66. The summed E-state index contributed by atoms with van der Waals surface area (Å²) in [5.74, 6) is 1.17. The molecule has 0 atom stereocenters. The molecule has 1 aromatic heterocycles. The van der Waals surface area contributed by atoms with Gasteiger partial charge in [-0.05, 0) is 48.0 Å². The lowest BCUT2D eigenvalue weighted by molar-refractivity contribution is 0.0951. The van der Waals surface area contributed by atoms with Crippen LogP contribution in [-0.4, -0.2) is 29.7 Å². The number of methoxy groups -OCH3 is 2. The zero-order valence-electron chi connectivity index (χ0n) is 17.2. The summed E-state index contributed by atoms with van der Waals surface area (Å²) in [6, 6.07) is 19.5. The normalized spacial score (nSPS) is 10.6. The monoisotopic (exact) mass is 415 g/mol. The molecule has 0 unspecified atom stereocenters. The van der Waals surface area contributed by atoms with Crippen molar-refractivity contribution < 1.29 is 14.3 Å². The van der Waals surface area contributed by atoms with Gasteiger partial charge in [0.2, 0.25) is 0 Å². The first-order chi connectivity index (χ1) is 15.1. The number of carbonyl (C=O) groups is 1. The van der Waals surface area contributed by atoms with E-state index in [9.17, 15) is 9.59 Å². The van der Waals surface area contributed by atoms with Gasteiger partial charge in [0, 0.05) is 18.2 Å². The number of rotatable bonds is 6. The van der Waals surface area contributed by atoms with Gasteiger partial charge >= 0.3 is 0 Å². The van der Waals surface area contributed by atoms with Gasteiger partial charge in [-0.2, -0.15) is 0 Å². The molecule has 4 rings (SSSR count). The van der Waals surface area contributed by atoms with E-state index in [4.69, 9.17) is 9.47 Å². The fourth-order valence-corrected chi connectivity index (χ4v) is 3.23. The predicted molar refractivity (Wildman–Crippen MR) is 118 cm³/mol. The lowest BCUT2D eigenvalue weighted by atomic mass is 10.1. The average molecular weight is 415 g/mol. The number of hydrogen-bond donors (Lipinski definition) is 1. The molecule has 0 saturated carbocycles. The van der Waals surface area contributed by atoms with Gasteiger partial charge in [0.1, 0.15) is 17.8 Å². The maximum Gasteiger partial charge on any atom is 0.265 e. The van der Waals surface area contributed by atoms with Crippen LogP contribution in [0.3, 0.4) is 0 Å². The largest absolute Gasteiger partial charge is 0.497 e. The van der Waals surface area contributed by atoms with E-state index in [-0.39, 0.29) is 11.5 Å². The number of ether oxygens (including phenoxy) is 2. The Morgan fingerprint density at radius 2 is 1.74 bits per heavy atom. The molecule has 0 saturated heterocycles. The Morgan fingerprint density at radius 3 is 2.48 bits per heavy atom. The molecule has 0 spiro atoms. The number of carbonyl (C=O) groups excluding carboxylic acids is 1. The molecule has 7 heteroatoms. The topological polar surface area (TPSA) is 82.5 Å². The number of amides is 1. The molecule has 1 amide bonds. The molecule has 31 heavy (non-hydrogen) atoms. The van der Waals surface area contributed by atoms with Crippen LogP contribution in [0.25, 0.3) is 16.6 Å². The molecule has 1 N–H and O–H groups in total. The average Bonchev–Trinajstić information content (AvgIpc) is 2.83. The molecular formula is C24H21N3O4. The van der Waals surface area contributed by atoms with Crippen LogP contribution in [0.4, 0.5) is 0 Å². The van der Waals surface area contributed by atoms with Gasteiger partial charge in [0.15, 0.2) is 0 Å². The van der Waals surface area contributed by atoms with Gasteiger partial charge in [-0.3, -0.25) is 14.2 Å². The summed E-state index contributed by atoms with van der Waals surface area (Å²) in [5, 5.41) is 3.30. The lowest BCUT2D eigenvalue weighted by Crippen LogP contribution is -2.23. The van der Waals surface area contributed by atoms with Gasteiger partial charge in [0.05, 0.1) is 30.8 Å². The minimum absolute atomic E-state index is 0.219. The van der Waals surface area contributed by atoms with Crippen LogP contribution in [0.1, 0.15) is 15.9 Å². The molecule has 0 aliphatic heterocycles. The molecule has 0 bridgehead atoms. The third-order valence-corrected chi connectivity index (χ3v) is 4.97. The summed E-state index contributed by atoms with van der Waals surface area (Å²) in [4.78, 5) is 29.9. The number of fused-ring (bicyclic) bond motifs is 1. The molecule has 0 fully saturated rings. The Morgan fingerprint density at radius 1 is 0.968 bits per heavy atom. The molecule has 4 aromatic rings. The minimum atomic E-state index is -0.239. The number of nitrogens with zero attached hydrogens (tertiary/aromatic N) is 2. The predicted octanol–water partition coefficient (Wildman–Crippen LogP) is 3.33. The standard InChI is InChI=1S/C24H21N3O4/c1-30-19-9-6-16(7-10-19)14-25-23(28)17-8-11-21-22(12-17)26-15-27(24(21)29)18-4-3-5-20(13-18)31-2/h3-13,15H,14H2,1-2H3,(H,25,28). The van der Waals surface area contributed by atoms with Crippen LogP contribution in [0.5, 0.6) is 11.5 Å². The highest BCUT2D eigenvalue weighted by atomic mass is 16.5. The highest BCUT2D eigenvalue weighted by Gasteiger charge is 2.11. The summed E-state index contributed by atoms with van der Waals surface area (Å²) in [5.41, 5.74) is 2.28. The Bertz CT molecular complexity index is 1300. The number of hydrogen-bond acceptors (Lipinski definition) is 5. The van der Waals surface area contributed by atoms with Crippen molar-refractivity contribution in [2.24, 2.45) is 0 Å². The second-order valence-corrected chi connectivity index (χ2v) is 6.88. The van der Waals surface area contributed by atoms with Crippen molar-refractivity contribution in [1.29, 1.82) is 0 Å². The molecular weight excluding hydrogens is 394 g/mol. The molecule has 156 valence electrons. The molecule has 3 aromatic carbocycles. The third kappa shape index (κ3) is 4.25. The van der Waals surface area contributed by atoms with Crippen LogP contribution < -0.4 is 20.3 Å². The fourth-order valence-electron chi connectivity index (χ4n) is 3.23. The Kier molecular flexibility index (Phi) is 5.66.